The molecule has 0 fully saturated rings. The first-order valence-corrected chi connectivity index (χ1v) is 8.63. The maximum absolute atomic E-state index is 12.9. The largest absolute Gasteiger partial charge is 0.492 e. The van der Waals surface area contributed by atoms with Gasteiger partial charge in [-0.3, -0.25) is 4.79 Å². The molecule has 0 radical (unpaired) electrons. The molecule has 0 saturated carbocycles. The van der Waals surface area contributed by atoms with Crippen molar-refractivity contribution in [2.24, 2.45) is 0 Å². The Morgan fingerprint density at radius 1 is 1.04 bits per heavy atom. The third-order valence-corrected chi connectivity index (χ3v) is 4.29. The van der Waals surface area contributed by atoms with E-state index in [4.69, 9.17) is 4.74 Å². The Labute approximate surface area is 153 Å². The number of aryl methyl sites for hydroxylation is 1. The van der Waals surface area contributed by atoms with E-state index in [1.807, 2.05) is 79.2 Å². The molecule has 3 rings (SSSR count). The predicted octanol–water partition coefficient (Wildman–Crippen LogP) is 3.64. The van der Waals surface area contributed by atoms with Crippen LogP contribution in [0.2, 0.25) is 0 Å². The summed E-state index contributed by atoms with van der Waals surface area (Å²) in [6, 6.07) is 19.4. The van der Waals surface area contributed by atoms with Gasteiger partial charge >= 0.3 is 0 Å². The molecule has 0 N–H and O–H groups in total. The highest BCUT2D eigenvalue weighted by atomic mass is 16.5. The highest BCUT2D eigenvalue weighted by Crippen LogP contribution is 2.19. The van der Waals surface area contributed by atoms with Gasteiger partial charge in [-0.15, -0.1) is 0 Å². The first-order valence-electron chi connectivity index (χ1n) is 8.63. The Kier molecular flexibility index (Phi) is 5.37. The van der Waals surface area contributed by atoms with Crippen LogP contribution in [-0.4, -0.2) is 40.8 Å². The molecule has 1 aromatic heterocycles. The summed E-state index contributed by atoms with van der Waals surface area (Å²) in [6.07, 6.45) is 0. The molecule has 5 heteroatoms. The van der Waals surface area contributed by atoms with Crippen LogP contribution >= 0.6 is 0 Å². The molecule has 0 bridgehead atoms. The lowest BCUT2D eigenvalue weighted by Crippen LogP contribution is -2.31. The number of benzene rings is 2. The molecule has 0 atom stereocenters. The van der Waals surface area contributed by atoms with Crippen LogP contribution in [0.5, 0.6) is 5.75 Å². The highest BCUT2D eigenvalue weighted by Gasteiger charge is 2.22. The van der Waals surface area contributed by atoms with Gasteiger partial charge in [0.1, 0.15) is 12.4 Å². The molecule has 0 aliphatic carbocycles. The monoisotopic (exact) mass is 349 g/mol. The van der Waals surface area contributed by atoms with Gasteiger partial charge in [-0.1, -0.05) is 36.4 Å². The number of hydrogen-bond acceptors (Lipinski definition) is 3. The molecule has 0 saturated heterocycles. The van der Waals surface area contributed by atoms with Gasteiger partial charge in [0.2, 0.25) is 0 Å². The lowest BCUT2D eigenvalue weighted by atomic mass is 10.1. The van der Waals surface area contributed by atoms with E-state index in [2.05, 4.69) is 5.10 Å². The first kappa shape index (κ1) is 17.7. The van der Waals surface area contributed by atoms with Crippen LogP contribution in [0.15, 0.2) is 60.7 Å². The fourth-order valence-corrected chi connectivity index (χ4v) is 2.88. The lowest BCUT2D eigenvalue weighted by molar-refractivity contribution is 0.0772. The van der Waals surface area contributed by atoms with E-state index in [0.29, 0.717) is 18.7 Å². The van der Waals surface area contributed by atoms with E-state index in [9.17, 15) is 4.79 Å². The van der Waals surface area contributed by atoms with Gasteiger partial charge < -0.3 is 9.64 Å². The van der Waals surface area contributed by atoms with E-state index in [1.165, 1.54) is 0 Å². The van der Waals surface area contributed by atoms with Crippen molar-refractivity contribution in [3.8, 4) is 11.4 Å². The molecule has 0 spiro atoms. The van der Waals surface area contributed by atoms with E-state index in [-0.39, 0.29) is 5.91 Å². The predicted molar refractivity (Wildman–Crippen MR) is 102 cm³/mol. The second kappa shape index (κ2) is 7.87. The molecule has 1 amide bonds. The van der Waals surface area contributed by atoms with Crippen molar-refractivity contribution in [3.63, 3.8) is 0 Å². The van der Waals surface area contributed by atoms with Crippen molar-refractivity contribution in [2.75, 3.05) is 20.2 Å². The number of ether oxygens (including phenoxy) is 1. The molecule has 1 heterocycles. The Morgan fingerprint density at radius 3 is 2.31 bits per heavy atom. The summed E-state index contributed by atoms with van der Waals surface area (Å²) in [6.45, 7) is 4.74. The van der Waals surface area contributed by atoms with Crippen molar-refractivity contribution >= 4 is 5.91 Å². The van der Waals surface area contributed by atoms with Crippen molar-refractivity contribution in [3.05, 3.63) is 77.6 Å². The summed E-state index contributed by atoms with van der Waals surface area (Å²) in [5.41, 5.74) is 3.17. The number of likely N-dealkylation sites (N-methyl/N-ethyl adjacent to an activating group) is 1. The number of carbonyl (C=O) groups is 1. The van der Waals surface area contributed by atoms with Gasteiger partial charge in [0.25, 0.3) is 5.91 Å². The number of amides is 1. The van der Waals surface area contributed by atoms with Gasteiger partial charge in [0.05, 0.1) is 29.2 Å². The van der Waals surface area contributed by atoms with Crippen LogP contribution in [0.3, 0.4) is 0 Å². The van der Waals surface area contributed by atoms with Crippen LogP contribution in [0.4, 0.5) is 0 Å². The fourth-order valence-electron chi connectivity index (χ4n) is 2.88. The van der Waals surface area contributed by atoms with Gasteiger partial charge in [-0.2, -0.15) is 5.10 Å². The molecule has 0 aliphatic heterocycles. The van der Waals surface area contributed by atoms with Crippen molar-refractivity contribution in [1.29, 1.82) is 0 Å². The maximum Gasteiger partial charge on any atom is 0.257 e. The molecule has 2 aromatic carbocycles. The number of aromatic nitrogens is 2. The Balaban J connectivity index is 1.70. The summed E-state index contributed by atoms with van der Waals surface area (Å²) in [7, 11) is 1.79. The smallest absolute Gasteiger partial charge is 0.257 e. The van der Waals surface area contributed by atoms with E-state index < -0.39 is 0 Å². The molecule has 3 aromatic rings. The van der Waals surface area contributed by atoms with Gasteiger partial charge in [-0.25, -0.2) is 4.68 Å². The molecular formula is C21H23N3O2. The molecule has 134 valence electrons. The number of carbonyl (C=O) groups excluding carboxylic acids is 1. The number of hydrogen-bond donors (Lipinski definition) is 0. The minimum Gasteiger partial charge on any atom is -0.492 e. The second-order valence-electron chi connectivity index (χ2n) is 6.18. The average molecular weight is 349 g/mol. The van der Waals surface area contributed by atoms with Crippen molar-refractivity contribution in [1.82, 2.24) is 14.7 Å². The van der Waals surface area contributed by atoms with E-state index in [1.54, 1.807) is 11.9 Å². The minimum absolute atomic E-state index is 0.0427. The highest BCUT2D eigenvalue weighted by molar-refractivity contribution is 5.96. The SMILES string of the molecule is Cc1nn(-c2ccccc2)c(C)c1C(=O)N(C)CCOc1ccccc1. The average Bonchev–Trinajstić information content (AvgIpc) is 2.97. The van der Waals surface area contributed by atoms with Crippen LogP contribution in [-0.2, 0) is 0 Å². The molecule has 0 aliphatic rings. The summed E-state index contributed by atoms with van der Waals surface area (Å²) in [5, 5.41) is 4.55. The van der Waals surface area contributed by atoms with Gasteiger partial charge in [0.15, 0.2) is 0 Å². The first-order chi connectivity index (χ1) is 12.6. The number of nitrogens with zero attached hydrogens (tertiary/aromatic N) is 3. The topological polar surface area (TPSA) is 47.4 Å². The molecule has 0 unspecified atom stereocenters. The van der Waals surface area contributed by atoms with Crippen LogP contribution in [0, 0.1) is 13.8 Å². The standard InChI is InChI=1S/C21H23N3O2/c1-16-20(17(2)24(22-16)18-10-6-4-7-11-18)21(25)23(3)14-15-26-19-12-8-5-9-13-19/h4-13H,14-15H2,1-3H3. The summed E-state index contributed by atoms with van der Waals surface area (Å²) in [4.78, 5) is 14.6. The maximum atomic E-state index is 12.9. The Bertz CT molecular complexity index is 873. The third kappa shape index (κ3) is 3.77. The van der Waals surface area contributed by atoms with Crippen molar-refractivity contribution in [2.45, 2.75) is 13.8 Å². The molecule has 26 heavy (non-hydrogen) atoms. The molecular weight excluding hydrogens is 326 g/mol. The van der Waals surface area contributed by atoms with E-state index in [0.717, 1.165) is 22.8 Å². The fraction of sp³-hybridized carbons (Fsp3) is 0.238. The third-order valence-electron chi connectivity index (χ3n) is 4.29. The molecule has 5 nitrogen and oxygen atoms in total. The van der Waals surface area contributed by atoms with Crippen LogP contribution in [0.1, 0.15) is 21.7 Å². The zero-order valence-corrected chi connectivity index (χ0v) is 15.3. The number of rotatable bonds is 6. The quantitative estimate of drug-likeness (QED) is 0.683. The normalized spacial score (nSPS) is 10.6. The van der Waals surface area contributed by atoms with Crippen LogP contribution < -0.4 is 4.74 Å². The summed E-state index contributed by atoms with van der Waals surface area (Å²) in [5.74, 6) is 0.761. The zero-order chi connectivity index (χ0) is 18.5. The Morgan fingerprint density at radius 2 is 1.65 bits per heavy atom. The lowest BCUT2D eigenvalue weighted by Gasteiger charge is -2.18. The zero-order valence-electron chi connectivity index (χ0n) is 15.3. The Hall–Kier alpha value is -3.08. The van der Waals surface area contributed by atoms with Gasteiger partial charge in [-0.05, 0) is 38.1 Å². The van der Waals surface area contributed by atoms with Crippen LogP contribution in [0.25, 0.3) is 5.69 Å². The van der Waals surface area contributed by atoms with Gasteiger partial charge in [0, 0.05) is 7.05 Å². The minimum atomic E-state index is -0.0427. The number of para-hydroxylation sites is 2. The summed E-state index contributed by atoms with van der Waals surface area (Å²) >= 11 is 0. The van der Waals surface area contributed by atoms with E-state index >= 15 is 0 Å². The second-order valence-corrected chi connectivity index (χ2v) is 6.18. The van der Waals surface area contributed by atoms with Crippen molar-refractivity contribution < 1.29 is 9.53 Å². The summed E-state index contributed by atoms with van der Waals surface area (Å²) < 4.78 is 7.50.